The average Bonchev–Trinajstić information content (AvgIpc) is 2.68. The van der Waals surface area contributed by atoms with E-state index in [0.717, 1.165) is 42.4 Å². The predicted octanol–water partition coefficient (Wildman–Crippen LogP) is 2.89. The van der Waals surface area contributed by atoms with Gasteiger partial charge in [-0.2, -0.15) is 0 Å². The maximum Gasteiger partial charge on any atom is 0.254 e. The fraction of sp³-hybridized carbons (Fsp3) is 0.238. The summed E-state index contributed by atoms with van der Waals surface area (Å²) in [5.74, 6) is 0.108. The van der Waals surface area contributed by atoms with Crippen molar-refractivity contribution >= 4 is 16.7 Å². The van der Waals surface area contributed by atoms with Gasteiger partial charge in [0.1, 0.15) is 0 Å². The molecule has 25 heavy (non-hydrogen) atoms. The van der Waals surface area contributed by atoms with Gasteiger partial charge in [-0.15, -0.1) is 0 Å². The highest BCUT2D eigenvalue weighted by Crippen LogP contribution is 2.20. The minimum absolute atomic E-state index is 0.108. The highest BCUT2D eigenvalue weighted by Gasteiger charge is 2.25. The van der Waals surface area contributed by atoms with E-state index in [1.54, 1.807) is 6.20 Å². The first-order valence-corrected chi connectivity index (χ1v) is 8.70. The normalized spacial score (nSPS) is 17.6. The molecule has 2 aromatic carbocycles. The summed E-state index contributed by atoms with van der Waals surface area (Å²) < 4.78 is 0. The Bertz CT molecular complexity index is 873. The fourth-order valence-corrected chi connectivity index (χ4v) is 3.52. The van der Waals surface area contributed by atoms with E-state index < -0.39 is 0 Å². The molecule has 4 rings (SSSR count). The van der Waals surface area contributed by atoms with E-state index >= 15 is 0 Å². The van der Waals surface area contributed by atoms with E-state index in [9.17, 15) is 4.79 Å². The summed E-state index contributed by atoms with van der Waals surface area (Å²) in [5, 5.41) is 5.51. The minimum atomic E-state index is 0.108. The van der Waals surface area contributed by atoms with Gasteiger partial charge in [0, 0.05) is 49.0 Å². The van der Waals surface area contributed by atoms with Crippen LogP contribution in [0.5, 0.6) is 0 Å². The first-order chi connectivity index (χ1) is 12.3. The number of pyridine rings is 1. The van der Waals surface area contributed by atoms with Gasteiger partial charge in [0.25, 0.3) is 5.91 Å². The third kappa shape index (κ3) is 3.39. The van der Waals surface area contributed by atoms with Gasteiger partial charge in [0.2, 0.25) is 0 Å². The Morgan fingerprint density at radius 2 is 2.00 bits per heavy atom. The van der Waals surface area contributed by atoms with Gasteiger partial charge >= 0.3 is 0 Å². The van der Waals surface area contributed by atoms with Crippen LogP contribution in [0.1, 0.15) is 15.9 Å². The van der Waals surface area contributed by atoms with Crippen LogP contribution >= 0.6 is 0 Å². The SMILES string of the molecule is O=C(c1cccc2cnccc12)N1CCNC(Cc2ccccc2)C1. The van der Waals surface area contributed by atoms with Crippen molar-refractivity contribution < 1.29 is 4.79 Å². The number of hydrogen-bond donors (Lipinski definition) is 1. The molecule has 1 N–H and O–H groups in total. The summed E-state index contributed by atoms with van der Waals surface area (Å²) in [6.07, 6.45) is 4.49. The van der Waals surface area contributed by atoms with Crippen molar-refractivity contribution in [1.29, 1.82) is 0 Å². The maximum atomic E-state index is 13.1. The van der Waals surface area contributed by atoms with Crippen LogP contribution < -0.4 is 5.32 Å². The van der Waals surface area contributed by atoms with E-state index in [1.807, 2.05) is 41.4 Å². The maximum absolute atomic E-state index is 13.1. The lowest BCUT2D eigenvalue weighted by atomic mass is 10.0. The second-order valence-electron chi connectivity index (χ2n) is 6.49. The third-order valence-corrected chi connectivity index (χ3v) is 4.78. The van der Waals surface area contributed by atoms with Crippen LogP contribution in [0.4, 0.5) is 0 Å². The molecule has 0 radical (unpaired) electrons. The number of piperazine rings is 1. The number of carbonyl (C=O) groups excluding carboxylic acids is 1. The molecule has 1 fully saturated rings. The summed E-state index contributed by atoms with van der Waals surface area (Å²) in [6, 6.07) is 18.5. The van der Waals surface area contributed by atoms with Crippen molar-refractivity contribution in [3.63, 3.8) is 0 Å². The molecule has 1 aliphatic rings. The zero-order chi connectivity index (χ0) is 17.1. The van der Waals surface area contributed by atoms with E-state index in [0.29, 0.717) is 0 Å². The Hall–Kier alpha value is -2.72. The molecule has 0 saturated carbocycles. The van der Waals surface area contributed by atoms with E-state index in [2.05, 4.69) is 34.6 Å². The largest absolute Gasteiger partial charge is 0.336 e. The molecule has 1 saturated heterocycles. The molecule has 3 aromatic rings. The number of fused-ring (bicyclic) bond motifs is 1. The van der Waals surface area contributed by atoms with Crippen molar-refractivity contribution in [3.8, 4) is 0 Å². The second kappa shape index (κ2) is 7.03. The summed E-state index contributed by atoms with van der Waals surface area (Å²) in [5.41, 5.74) is 2.06. The molecule has 2 heterocycles. The Morgan fingerprint density at radius 1 is 1.12 bits per heavy atom. The van der Waals surface area contributed by atoms with Gasteiger partial charge in [-0.1, -0.05) is 42.5 Å². The van der Waals surface area contributed by atoms with Crippen molar-refractivity contribution in [2.45, 2.75) is 12.5 Å². The molecule has 4 nitrogen and oxygen atoms in total. The monoisotopic (exact) mass is 331 g/mol. The van der Waals surface area contributed by atoms with Gasteiger partial charge in [0.15, 0.2) is 0 Å². The van der Waals surface area contributed by atoms with E-state index in [-0.39, 0.29) is 11.9 Å². The lowest BCUT2D eigenvalue weighted by molar-refractivity contribution is 0.0705. The Balaban J connectivity index is 1.53. The third-order valence-electron chi connectivity index (χ3n) is 4.78. The minimum Gasteiger partial charge on any atom is -0.336 e. The highest BCUT2D eigenvalue weighted by molar-refractivity contribution is 6.06. The molecule has 4 heteroatoms. The lowest BCUT2D eigenvalue weighted by Crippen LogP contribution is -2.53. The standard InChI is InChI=1S/C21H21N3O/c25-21(20-8-4-7-17-14-22-10-9-19(17)20)24-12-11-23-18(15-24)13-16-5-2-1-3-6-16/h1-10,14,18,23H,11-13,15H2. The van der Waals surface area contributed by atoms with Gasteiger partial charge in [0.05, 0.1) is 0 Å². The first kappa shape index (κ1) is 15.8. The van der Waals surface area contributed by atoms with Crippen LogP contribution in [0.15, 0.2) is 67.0 Å². The number of aromatic nitrogens is 1. The van der Waals surface area contributed by atoms with Crippen molar-refractivity contribution in [2.24, 2.45) is 0 Å². The molecule has 0 spiro atoms. The van der Waals surface area contributed by atoms with Crippen molar-refractivity contribution in [3.05, 3.63) is 78.1 Å². The summed E-state index contributed by atoms with van der Waals surface area (Å²) in [7, 11) is 0. The van der Waals surface area contributed by atoms with Crippen molar-refractivity contribution in [1.82, 2.24) is 15.2 Å². The molecule has 0 bridgehead atoms. The van der Waals surface area contributed by atoms with Gasteiger partial charge in [-0.05, 0) is 29.5 Å². The molecule has 0 aliphatic carbocycles. The second-order valence-corrected chi connectivity index (χ2v) is 6.49. The summed E-state index contributed by atoms with van der Waals surface area (Å²) in [6.45, 7) is 2.30. The molecule has 1 aliphatic heterocycles. The van der Waals surface area contributed by atoms with Crippen molar-refractivity contribution in [2.75, 3.05) is 19.6 Å². The highest BCUT2D eigenvalue weighted by atomic mass is 16.2. The Morgan fingerprint density at radius 3 is 2.88 bits per heavy atom. The Labute approximate surface area is 147 Å². The van der Waals surface area contributed by atoms with Gasteiger partial charge < -0.3 is 10.2 Å². The fourth-order valence-electron chi connectivity index (χ4n) is 3.52. The lowest BCUT2D eigenvalue weighted by Gasteiger charge is -2.34. The number of amides is 1. The molecule has 126 valence electrons. The molecule has 1 unspecified atom stereocenters. The number of rotatable bonds is 3. The average molecular weight is 331 g/mol. The van der Waals surface area contributed by atoms with Crippen LogP contribution in [0.25, 0.3) is 10.8 Å². The summed E-state index contributed by atoms with van der Waals surface area (Å²) >= 11 is 0. The number of nitrogens with one attached hydrogen (secondary N) is 1. The van der Waals surface area contributed by atoms with Gasteiger partial charge in [-0.3, -0.25) is 9.78 Å². The number of hydrogen-bond acceptors (Lipinski definition) is 3. The number of benzene rings is 2. The smallest absolute Gasteiger partial charge is 0.254 e. The summed E-state index contributed by atoms with van der Waals surface area (Å²) in [4.78, 5) is 19.2. The predicted molar refractivity (Wildman–Crippen MR) is 99.6 cm³/mol. The molecular weight excluding hydrogens is 310 g/mol. The molecule has 1 amide bonds. The van der Waals surface area contributed by atoms with Crippen LogP contribution in [0.3, 0.4) is 0 Å². The van der Waals surface area contributed by atoms with Gasteiger partial charge in [-0.25, -0.2) is 0 Å². The zero-order valence-corrected chi connectivity index (χ0v) is 14.1. The first-order valence-electron chi connectivity index (χ1n) is 8.70. The number of nitrogens with zero attached hydrogens (tertiary/aromatic N) is 2. The topological polar surface area (TPSA) is 45.2 Å². The van der Waals surface area contributed by atoms with Crippen LogP contribution in [0, 0.1) is 0 Å². The molecule has 1 aromatic heterocycles. The van der Waals surface area contributed by atoms with E-state index in [1.165, 1.54) is 5.56 Å². The van der Waals surface area contributed by atoms with Crippen LogP contribution in [-0.4, -0.2) is 41.5 Å². The quantitative estimate of drug-likeness (QED) is 0.803. The molecule has 1 atom stereocenters. The Kier molecular flexibility index (Phi) is 4.44. The number of carbonyl (C=O) groups is 1. The molecular formula is C21H21N3O. The van der Waals surface area contributed by atoms with Crippen LogP contribution in [0.2, 0.25) is 0 Å². The van der Waals surface area contributed by atoms with E-state index in [4.69, 9.17) is 0 Å². The van der Waals surface area contributed by atoms with Crippen LogP contribution in [-0.2, 0) is 6.42 Å². The zero-order valence-electron chi connectivity index (χ0n) is 14.1.